The third kappa shape index (κ3) is 7.46. The Labute approximate surface area is 168 Å². The van der Waals surface area contributed by atoms with E-state index in [1.165, 1.54) is 5.56 Å². The van der Waals surface area contributed by atoms with Crippen LogP contribution in [0, 0.1) is 0 Å². The van der Waals surface area contributed by atoms with Crippen molar-refractivity contribution >= 4 is 0 Å². The van der Waals surface area contributed by atoms with E-state index in [4.69, 9.17) is 9.47 Å². The average Bonchev–Trinajstić information content (AvgIpc) is 2.70. The molecule has 0 aliphatic heterocycles. The average molecular weight is 388 g/mol. The van der Waals surface area contributed by atoms with Gasteiger partial charge in [-0.2, -0.15) is 0 Å². The molecule has 1 aromatic heterocycles. The highest BCUT2D eigenvalue weighted by atomic mass is 16.5. The Hall–Kier alpha value is -2.15. The summed E-state index contributed by atoms with van der Waals surface area (Å²) < 4.78 is 11.2. The van der Waals surface area contributed by atoms with Crippen LogP contribution in [0.5, 0.6) is 11.5 Å². The summed E-state index contributed by atoms with van der Waals surface area (Å²) in [4.78, 5) is 6.22. The van der Waals surface area contributed by atoms with Crippen LogP contribution in [0.3, 0.4) is 0 Å². The minimum Gasteiger partial charge on any atom is -0.493 e. The van der Waals surface area contributed by atoms with Gasteiger partial charge in [0, 0.05) is 31.5 Å². The van der Waals surface area contributed by atoms with Crippen LogP contribution in [0.4, 0.5) is 0 Å². The van der Waals surface area contributed by atoms with Crippen molar-refractivity contribution in [3.05, 3.63) is 53.9 Å². The molecule has 0 saturated heterocycles. The number of aliphatic hydroxyl groups is 1. The molecule has 0 aliphatic rings. The zero-order valence-electron chi connectivity index (χ0n) is 17.4. The molecule has 2 aromatic rings. The van der Waals surface area contributed by atoms with E-state index in [-0.39, 0.29) is 6.61 Å². The van der Waals surface area contributed by atoms with Gasteiger partial charge in [0.25, 0.3) is 0 Å². The normalized spacial score (nSPS) is 12.4. The van der Waals surface area contributed by atoms with Crippen LogP contribution in [0.15, 0.2) is 42.7 Å². The zero-order valence-corrected chi connectivity index (χ0v) is 17.4. The summed E-state index contributed by atoms with van der Waals surface area (Å²) >= 11 is 0. The van der Waals surface area contributed by atoms with Crippen molar-refractivity contribution in [2.24, 2.45) is 0 Å². The molecule has 1 unspecified atom stereocenters. The predicted molar refractivity (Wildman–Crippen MR) is 112 cm³/mol. The molecule has 0 aliphatic carbocycles. The Balaban J connectivity index is 1.80. The van der Waals surface area contributed by atoms with Gasteiger partial charge in [-0.3, -0.25) is 4.98 Å². The number of rotatable bonds is 12. The van der Waals surface area contributed by atoms with Crippen molar-refractivity contribution in [3.8, 4) is 11.5 Å². The first kappa shape index (κ1) is 22.1. The fourth-order valence-electron chi connectivity index (χ4n) is 2.73. The van der Waals surface area contributed by atoms with Gasteiger partial charge in [0.1, 0.15) is 12.7 Å². The number of pyridine rings is 1. The monoisotopic (exact) mass is 387 g/mol. The van der Waals surface area contributed by atoms with E-state index in [1.807, 2.05) is 37.5 Å². The third-order valence-electron chi connectivity index (χ3n) is 4.68. The molecule has 2 N–H and O–H groups in total. The van der Waals surface area contributed by atoms with E-state index in [0.29, 0.717) is 24.1 Å². The first-order chi connectivity index (χ1) is 13.5. The van der Waals surface area contributed by atoms with Crippen molar-refractivity contribution in [2.45, 2.75) is 39.0 Å². The first-order valence-corrected chi connectivity index (χ1v) is 9.77. The maximum atomic E-state index is 10.2. The van der Waals surface area contributed by atoms with Gasteiger partial charge in [-0.05, 0) is 63.2 Å². The molecule has 154 valence electrons. The van der Waals surface area contributed by atoms with Crippen molar-refractivity contribution in [1.82, 2.24) is 15.2 Å². The summed E-state index contributed by atoms with van der Waals surface area (Å²) in [5.41, 5.74) is 2.34. The Morgan fingerprint density at radius 1 is 1.18 bits per heavy atom. The quantitative estimate of drug-likeness (QED) is 0.546. The van der Waals surface area contributed by atoms with Crippen LogP contribution < -0.4 is 14.8 Å². The maximum absolute atomic E-state index is 10.2. The van der Waals surface area contributed by atoms with Crippen molar-refractivity contribution in [3.63, 3.8) is 0 Å². The predicted octanol–water partition coefficient (Wildman–Crippen LogP) is 2.50. The molecule has 0 amide bonds. The largest absolute Gasteiger partial charge is 0.493 e. The molecule has 0 spiro atoms. The standard InChI is InChI=1S/C22H33N3O3/c1-17(2)25(3)15-20(26)16-28-21-8-7-19(12-22(21)27-4)14-24-11-9-18-6-5-10-23-13-18/h5-8,10,12-13,17,20,24,26H,9,11,14-16H2,1-4H3. The van der Waals surface area contributed by atoms with E-state index in [2.05, 4.69) is 35.1 Å². The summed E-state index contributed by atoms with van der Waals surface area (Å²) in [6, 6.07) is 10.3. The SMILES string of the molecule is COc1cc(CNCCc2cccnc2)ccc1OCC(O)CN(C)C(C)C. The van der Waals surface area contributed by atoms with Gasteiger partial charge in [-0.1, -0.05) is 12.1 Å². The highest BCUT2D eigenvalue weighted by molar-refractivity contribution is 5.43. The lowest BCUT2D eigenvalue weighted by Gasteiger charge is -2.24. The minimum atomic E-state index is -0.550. The number of hydrogen-bond acceptors (Lipinski definition) is 6. The lowest BCUT2D eigenvalue weighted by Crippen LogP contribution is -2.36. The molecule has 1 heterocycles. The van der Waals surface area contributed by atoms with Gasteiger partial charge in [-0.25, -0.2) is 0 Å². The van der Waals surface area contributed by atoms with Crippen LogP contribution in [0.2, 0.25) is 0 Å². The molecule has 0 saturated carbocycles. The fourth-order valence-corrected chi connectivity index (χ4v) is 2.73. The number of hydrogen-bond donors (Lipinski definition) is 2. The fraction of sp³-hybridized carbons (Fsp3) is 0.500. The van der Waals surface area contributed by atoms with Crippen molar-refractivity contribution < 1.29 is 14.6 Å². The van der Waals surface area contributed by atoms with Crippen LogP contribution in [0.25, 0.3) is 0 Å². The van der Waals surface area contributed by atoms with E-state index in [9.17, 15) is 5.11 Å². The van der Waals surface area contributed by atoms with Gasteiger partial charge < -0.3 is 24.8 Å². The molecule has 6 heteroatoms. The highest BCUT2D eigenvalue weighted by Gasteiger charge is 2.13. The number of likely N-dealkylation sites (N-methyl/N-ethyl adjacent to an activating group) is 1. The van der Waals surface area contributed by atoms with Crippen LogP contribution in [-0.2, 0) is 13.0 Å². The highest BCUT2D eigenvalue weighted by Crippen LogP contribution is 2.28. The van der Waals surface area contributed by atoms with Crippen LogP contribution in [-0.4, -0.2) is 61.0 Å². The van der Waals surface area contributed by atoms with E-state index in [0.717, 1.165) is 25.1 Å². The number of aromatic nitrogens is 1. The third-order valence-corrected chi connectivity index (χ3v) is 4.68. The number of aliphatic hydroxyl groups excluding tert-OH is 1. The molecular weight excluding hydrogens is 354 g/mol. The van der Waals surface area contributed by atoms with E-state index in [1.54, 1.807) is 13.3 Å². The van der Waals surface area contributed by atoms with Gasteiger partial charge in [0.2, 0.25) is 0 Å². The zero-order chi connectivity index (χ0) is 20.4. The summed E-state index contributed by atoms with van der Waals surface area (Å²) in [7, 11) is 3.62. The second-order valence-corrected chi connectivity index (χ2v) is 7.27. The number of methoxy groups -OCH3 is 1. The van der Waals surface area contributed by atoms with Crippen LogP contribution in [0.1, 0.15) is 25.0 Å². The van der Waals surface area contributed by atoms with Gasteiger partial charge >= 0.3 is 0 Å². The minimum absolute atomic E-state index is 0.232. The lowest BCUT2D eigenvalue weighted by molar-refractivity contribution is 0.0668. The van der Waals surface area contributed by atoms with Gasteiger partial charge in [0.15, 0.2) is 11.5 Å². The summed E-state index contributed by atoms with van der Waals surface area (Å²) in [5.74, 6) is 1.32. The second-order valence-electron chi connectivity index (χ2n) is 7.27. The molecular formula is C22H33N3O3. The number of nitrogens with zero attached hydrogens (tertiary/aromatic N) is 2. The Bertz CT molecular complexity index is 695. The summed E-state index contributed by atoms with van der Waals surface area (Å²) in [6.07, 6.45) is 4.07. The molecule has 2 rings (SSSR count). The molecule has 28 heavy (non-hydrogen) atoms. The number of nitrogens with one attached hydrogen (secondary N) is 1. The molecule has 1 atom stereocenters. The number of ether oxygens (including phenoxy) is 2. The topological polar surface area (TPSA) is 66.8 Å². The molecule has 0 bridgehead atoms. The van der Waals surface area contributed by atoms with Gasteiger partial charge in [-0.15, -0.1) is 0 Å². The smallest absolute Gasteiger partial charge is 0.161 e. The van der Waals surface area contributed by atoms with E-state index < -0.39 is 6.10 Å². The summed E-state index contributed by atoms with van der Waals surface area (Å²) in [6.45, 7) is 6.62. The van der Waals surface area contributed by atoms with Gasteiger partial charge in [0.05, 0.1) is 7.11 Å². The summed E-state index contributed by atoms with van der Waals surface area (Å²) in [5, 5.41) is 13.6. The van der Waals surface area contributed by atoms with Crippen molar-refractivity contribution in [1.29, 1.82) is 0 Å². The Kier molecular flexibility index (Phi) is 9.20. The Morgan fingerprint density at radius 2 is 2.00 bits per heavy atom. The lowest BCUT2D eigenvalue weighted by atomic mass is 10.2. The molecule has 6 nitrogen and oxygen atoms in total. The Morgan fingerprint density at radius 3 is 2.68 bits per heavy atom. The molecule has 0 radical (unpaired) electrons. The number of benzene rings is 1. The maximum Gasteiger partial charge on any atom is 0.161 e. The van der Waals surface area contributed by atoms with Crippen molar-refractivity contribution in [2.75, 3.05) is 33.9 Å². The molecule has 1 aromatic carbocycles. The van der Waals surface area contributed by atoms with Crippen LogP contribution >= 0.6 is 0 Å². The second kappa shape index (κ2) is 11.6. The van der Waals surface area contributed by atoms with E-state index >= 15 is 0 Å². The molecule has 0 fully saturated rings. The first-order valence-electron chi connectivity index (χ1n) is 9.77.